The van der Waals surface area contributed by atoms with E-state index in [0.29, 0.717) is 5.16 Å². The lowest BCUT2D eigenvalue weighted by Crippen LogP contribution is -2.36. The van der Waals surface area contributed by atoms with Crippen molar-refractivity contribution in [3.05, 3.63) is 6.33 Å². The minimum atomic E-state index is -2.86. The first kappa shape index (κ1) is 15.8. The van der Waals surface area contributed by atoms with Crippen LogP contribution in [0.2, 0.25) is 0 Å². The van der Waals surface area contributed by atoms with Crippen molar-refractivity contribution in [1.29, 1.82) is 0 Å². The molecular formula is C10H16F2N4O2S. The topological polar surface area (TPSA) is 80.0 Å². The largest absolute Gasteiger partial charge is 0.385 e. The Hall–Kier alpha value is -1.22. The molecule has 0 radical (unpaired) electrons. The number of nitrogens with zero attached hydrogens (tertiary/aromatic N) is 3. The van der Waals surface area contributed by atoms with Gasteiger partial charge in [0.25, 0.3) is 6.43 Å². The third kappa shape index (κ3) is 5.11. The quantitative estimate of drug-likeness (QED) is 0.723. The summed E-state index contributed by atoms with van der Waals surface area (Å²) in [5.41, 5.74) is 0. The Bertz CT molecular complexity index is 414. The lowest BCUT2D eigenvalue weighted by Gasteiger charge is -2.11. The van der Waals surface area contributed by atoms with E-state index in [1.54, 1.807) is 10.9 Å². The van der Waals surface area contributed by atoms with Crippen LogP contribution < -0.4 is 5.32 Å². The average molecular weight is 294 g/mol. The van der Waals surface area contributed by atoms with Gasteiger partial charge in [0.15, 0.2) is 5.16 Å². The third-order valence-corrected chi connectivity index (χ3v) is 3.19. The van der Waals surface area contributed by atoms with Crippen molar-refractivity contribution in [3.8, 4) is 0 Å². The summed E-state index contributed by atoms with van der Waals surface area (Å²) in [6.45, 7) is 3.44. The van der Waals surface area contributed by atoms with Crippen LogP contribution in [0.15, 0.2) is 11.5 Å². The van der Waals surface area contributed by atoms with Gasteiger partial charge in [0.2, 0.25) is 5.91 Å². The van der Waals surface area contributed by atoms with E-state index in [0.717, 1.165) is 11.8 Å². The molecule has 0 aliphatic rings. The van der Waals surface area contributed by atoms with Gasteiger partial charge in [-0.1, -0.05) is 11.8 Å². The SMILES string of the molecule is CC(C)n1cnnc1SCC(=O)NCC(O)C(F)F. The molecule has 1 rings (SSSR count). The number of aliphatic hydroxyl groups is 1. The normalized spacial score (nSPS) is 13.0. The molecule has 0 spiro atoms. The predicted octanol–water partition coefficient (Wildman–Crippen LogP) is 0.693. The van der Waals surface area contributed by atoms with Crippen molar-refractivity contribution in [2.24, 2.45) is 0 Å². The average Bonchev–Trinajstić information content (AvgIpc) is 2.81. The summed E-state index contributed by atoms with van der Waals surface area (Å²) in [4.78, 5) is 11.4. The van der Waals surface area contributed by atoms with Gasteiger partial charge in [-0.3, -0.25) is 4.79 Å². The molecule has 0 fully saturated rings. The second kappa shape index (κ2) is 7.39. The maximum Gasteiger partial charge on any atom is 0.265 e. The van der Waals surface area contributed by atoms with E-state index in [-0.39, 0.29) is 11.8 Å². The predicted molar refractivity (Wildman–Crippen MR) is 66.2 cm³/mol. The van der Waals surface area contributed by atoms with Gasteiger partial charge in [-0.15, -0.1) is 10.2 Å². The van der Waals surface area contributed by atoms with E-state index in [4.69, 9.17) is 5.11 Å². The van der Waals surface area contributed by atoms with Crippen molar-refractivity contribution in [3.63, 3.8) is 0 Å². The second-order valence-electron chi connectivity index (χ2n) is 4.11. The van der Waals surface area contributed by atoms with Gasteiger partial charge >= 0.3 is 0 Å². The van der Waals surface area contributed by atoms with Crippen LogP contribution in [0, 0.1) is 0 Å². The standard InChI is InChI=1S/C10H16F2N4O2S/c1-6(2)16-5-14-15-10(16)19-4-8(18)13-3-7(17)9(11)12/h5-7,9,17H,3-4H2,1-2H3,(H,13,18). The summed E-state index contributed by atoms with van der Waals surface area (Å²) < 4.78 is 25.8. The zero-order valence-electron chi connectivity index (χ0n) is 10.6. The van der Waals surface area contributed by atoms with Crippen LogP contribution in [0.5, 0.6) is 0 Å². The molecule has 0 bridgehead atoms. The molecule has 1 atom stereocenters. The summed E-state index contributed by atoms with van der Waals surface area (Å²) >= 11 is 1.16. The molecular weight excluding hydrogens is 278 g/mol. The summed E-state index contributed by atoms with van der Waals surface area (Å²) in [6, 6.07) is 0.168. The number of carbonyl (C=O) groups excluding carboxylic acids is 1. The van der Waals surface area contributed by atoms with Crippen molar-refractivity contribution < 1.29 is 18.7 Å². The van der Waals surface area contributed by atoms with E-state index in [1.807, 2.05) is 13.8 Å². The van der Waals surface area contributed by atoms with Crippen molar-refractivity contribution in [2.75, 3.05) is 12.3 Å². The summed E-state index contributed by atoms with van der Waals surface area (Å²) in [7, 11) is 0. The highest BCUT2D eigenvalue weighted by atomic mass is 32.2. The van der Waals surface area contributed by atoms with E-state index in [2.05, 4.69) is 15.5 Å². The zero-order chi connectivity index (χ0) is 14.4. The Morgan fingerprint density at radius 1 is 1.58 bits per heavy atom. The molecule has 1 aromatic rings. The number of halogens is 2. The fourth-order valence-electron chi connectivity index (χ4n) is 1.18. The minimum Gasteiger partial charge on any atom is -0.385 e. The Labute approximate surface area is 113 Å². The van der Waals surface area contributed by atoms with Gasteiger partial charge < -0.3 is 15.0 Å². The number of aliphatic hydroxyl groups excluding tert-OH is 1. The van der Waals surface area contributed by atoms with E-state index in [9.17, 15) is 13.6 Å². The summed E-state index contributed by atoms with van der Waals surface area (Å²) in [5, 5.41) is 19.3. The van der Waals surface area contributed by atoms with Crippen molar-refractivity contribution in [1.82, 2.24) is 20.1 Å². The third-order valence-electron chi connectivity index (χ3n) is 2.23. The minimum absolute atomic E-state index is 0.0291. The van der Waals surface area contributed by atoms with Gasteiger partial charge in [-0.2, -0.15) is 0 Å². The molecule has 108 valence electrons. The first-order valence-electron chi connectivity index (χ1n) is 5.67. The van der Waals surface area contributed by atoms with Crippen LogP contribution in [-0.4, -0.2) is 50.6 Å². The molecule has 0 saturated heterocycles. The van der Waals surface area contributed by atoms with E-state index >= 15 is 0 Å². The van der Waals surface area contributed by atoms with Gasteiger partial charge in [0, 0.05) is 12.6 Å². The van der Waals surface area contributed by atoms with Crippen LogP contribution >= 0.6 is 11.8 Å². The molecule has 1 unspecified atom stereocenters. The number of alkyl halides is 2. The maximum atomic E-state index is 12.0. The molecule has 9 heteroatoms. The highest BCUT2D eigenvalue weighted by molar-refractivity contribution is 7.99. The van der Waals surface area contributed by atoms with Gasteiger partial charge in [-0.05, 0) is 13.8 Å². The Morgan fingerprint density at radius 3 is 2.84 bits per heavy atom. The van der Waals surface area contributed by atoms with Crippen LogP contribution in [0.4, 0.5) is 8.78 Å². The van der Waals surface area contributed by atoms with Crippen LogP contribution in [0.1, 0.15) is 19.9 Å². The molecule has 6 nitrogen and oxygen atoms in total. The summed E-state index contributed by atoms with van der Waals surface area (Å²) in [6.07, 6.45) is -3.14. The lowest BCUT2D eigenvalue weighted by molar-refractivity contribution is -0.119. The van der Waals surface area contributed by atoms with Crippen LogP contribution in [-0.2, 0) is 4.79 Å². The summed E-state index contributed by atoms with van der Waals surface area (Å²) in [5.74, 6) is -0.413. The van der Waals surface area contributed by atoms with E-state index in [1.165, 1.54) is 0 Å². The molecule has 0 saturated carbocycles. The highest BCUT2D eigenvalue weighted by Gasteiger charge is 2.17. The van der Waals surface area contributed by atoms with Crippen LogP contribution in [0.25, 0.3) is 0 Å². The molecule has 0 aliphatic heterocycles. The highest BCUT2D eigenvalue weighted by Crippen LogP contribution is 2.18. The van der Waals surface area contributed by atoms with Gasteiger partial charge in [-0.25, -0.2) is 8.78 Å². The molecule has 1 amide bonds. The molecule has 2 N–H and O–H groups in total. The molecule has 1 heterocycles. The zero-order valence-corrected chi connectivity index (χ0v) is 11.4. The first-order valence-corrected chi connectivity index (χ1v) is 6.65. The Balaban J connectivity index is 2.36. The molecule has 1 aromatic heterocycles. The number of thioether (sulfide) groups is 1. The smallest absolute Gasteiger partial charge is 0.265 e. The van der Waals surface area contributed by atoms with Crippen molar-refractivity contribution in [2.45, 2.75) is 37.6 Å². The number of aromatic nitrogens is 3. The van der Waals surface area contributed by atoms with Gasteiger partial charge in [0.1, 0.15) is 12.4 Å². The Kier molecular flexibility index (Phi) is 6.16. The number of rotatable bonds is 7. The second-order valence-corrected chi connectivity index (χ2v) is 5.05. The van der Waals surface area contributed by atoms with E-state index < -0.39 is 25.0 Å². The van der Waals surface area contributed by atoms with Crippen LogP contribution in [0.3, 0.4) is 0 Å². The van der Waals surface area contributed by atoms with Gasteiger partial charge in [0.05, 0.1) is 5.75 Å². The number of carbonyl (C=O) groups is 1. The Morgan fingerprint density at radius 2 is 2.26 bits per heavy atom. The van der Waals surface area contributed by atoms with Crippen molar-refractivity contribution >= 4 is 17.7 Å². The monoisotopic (exact) mass is 294 g/mol. The fourth-order valence-corrected chi connectivity index (χ4v) is 2.05. The first-order chi connectivity index (χ1) is 8.91. The lowest BCUT2D eigenvalue weighted by atomic mass is 10.4. The fraction of sp³-hybridized carbons (Fsp3) is 0.700. The molecule has 19 heavy (non-hydrogen) atoms. The maximum absolute atomic E-state index is 12.0. The number of hydrogen-bond donors (Lipinski definition) is 2. The number of nitrogens with one attached hydrogen (secondary N) is 1. The number of hydrogen-bond acceptors (Lipinski definition) is 5. The molecule has 0 aliphatic carbocycles. The molecule has 0 aromatic carbocycles. The number of amides is 1.